The summed E-state index contributed by atoms with van der Waals surface area (Å²) in [5.74, 6) is -0.393. The molecule has 0 unspecified atom stereocenters. The number of sulfonamides is 1. The molecule has 3 amide bonds. The van der Waals surface area contributed by atoms with Gasteiger partial charge in [-0.15, -0.1) is 0 Å². The van der Waals surface area contributed by atoms with Crippen molar-refractivity contribution >= 4 is 33.3 Å². The van der Waals surface area contributed by atoms with E-state index in [2.05, 4.69) is 10.6 Å². The number of rotatable bonds is 9. The largest absolute Gasteiger partial charge is 0.497 e. The number of nitrogens with zero attached hydrogens (tertiary/aromatic N) is 2. The van der Waals surface area contributed by atoms with E-state index in [1.165, 1.54) is 28.4 Å². The van der Waals surface area contributed by atoms with Crippen LogP contribution in [0.4, 0.5) is 20.6 Å². The topological polar surface area (TPSA) is 147 Å². The molecule has 0 saturated heterocycles. The van der Waals surface area contributed by atoms with Gasteiger partial charge in [-0.1, -0.05) is 6.92 Å². The van der Waals surface area contributed by atoms with Crippen molar-refractivity contribution in [1.82, 2.24) is 9.21 Å². The second-order valence-electron chi connectivity index (χ2n) is 12.6. The van der Waals surface area contributed by atoms with Crippen LogP contribution in [0.2, 0.25) is 0 Å². The molecule has 1 heterocycles. The Kier molecular flexibility index (Phi) is 13.6. The first-order valence-electron chi connectivity index (χ1n) is 16.6. The number of urea groups is 1. The highest BCUT2D eigenvalue weighted by atomic mass is 32.2. The molecular weight excluding hydrogens is 667 g/mol. The Bertz CT molecular complexity index is 1690. The van der Waals surface area contributed by atoms with E-state index in [4.69, 9.17) is 14.2 Å². The summed E-state index contributed by atoms with van der Waals surface area (Å²) in [5, 5.41) is 15.7. The van der Waals surface area contributed by atoms with Gasteiger partial charge < -0.3 is 34.9 Å². The number of methoxy groups -OCH3 is 1. The third-order valence-corrected chi connectivity index (χ3v) is 10.5. The van der Waals surface area contributed by atoms with Crippen LogP contribution in [-0.4, -0.2) is 93.4 Å². The quantitative estimate of drug-likeness (QED) is 0.260. The Hall–Kier alpha value is -4.24. The summed E-state index contributed by atoms with van der Waals surface area (Å²) in [6.45, 7) is 5.59. The van der Waals surface area contributed by atoms with Gasteiger partial charge in [0.05, 0.1) is 42.4 Å². The molecule has 0 spiro atoms. The molecule has 3 N–H and O–H groups in total. The second kappa shape index (κ2) is 17.6. The lowest BCUT2D eigenvalue weighted by atomic mass is 10.0. The summed E-state index contributed by atoms with van der Waals surface area (Å²) in [6.07, 6.45) is 1.24. The molecule has 50 heavy (non-hydrogen) atoms. The van der Waals surface area contributed by atoms with Crippen molar-refractivity contribution in [3.63, 3.8) is 0 Å². The molecule has 3 aromatic rings. The standard InChI is InChI=1S/C36H47FN4O8S/c1-24-21-41(25(2)23-42)35(43)32-20-29(39-36(44)38-28-11-14-30(47-5)15-12-28)13-18-33(32)49-26(3)8-6-7-19-48-34(24)22-40(4)50(45,46)31-16-9-27(37)10-17-31/h9-18,20,24-26,34,42H,6-8,19,21-23H2,1-5H3,(H2,38,39,44)/t24-,25-,26-,34-/m1/s1. The van der Waals surface area contributed by atoms with E-state index in [1.54, 1.807) is 56.5 Å². The van der Waals surface area contributed by atoms with Crippen LogP contribution in [0.25, 0.3) is 0 Å². The molecule has 272 valence electrons. The molecule has 0 aromatic heterocycles. The lowest BCUT2D eigenvalue weighted by Gasteiger charge is -2.35. The predicted octanol–water partition coefficient (Wildman–Crippen LogP) is 5.59. The summed E-state index contributed by atoms with van der Waals surface area (Å²) in [6, 6.07) is 15.1. The normalized spacial score (nSPS) is 19.9. The number of likely N-dealkylation sites (N-methyl/N-ethyl adjacent to an activating group) is 1. The van der Waals surface area contributed by atoms with Gasteiger partial charge in [0.15, 0.2) is 0 Å². The molecule has 0 bridgehead atoms. The molecule has 0 fully saturated rings. The van der Waals surface area contributed by atoms with Gasteiger partial charge in [-0.3, -0.25) is 4.79 Å². The van der Waals surface area contributed by atoms with Crippen LogP contribution in [0.3, 0.4) is 0 Å². The first-order valence-corrected chi connectivity index (χ1v) is 18.0. The number of aliphatic hydroxyl groups is 1. The monoisotopic (exact) mass is 714 g/mol. The Morgan fingerprint density at radius 2 is 1.72 bits per heavy atom. The molecule has 14 heteroatoms. The van der Waals surface area contributed by atoms with Gasteiger partial charge in [-0.25, -0.2) is 17.6 Å². The highest BCUT2D eigenvalue weighted by Crippen LogP contribution is 2.29. The summed E-state index contributed by atoms with van der Waals surface area (Å²) in [7, 11) is -0.976. The van der Waals surface area contributed by atoms with E-state index in [0.29, 0.717) is 42.3 Å². The van der Waals surface area contributed by atoms with Crippen LogP contribution in [-0.2, 0) is 14.8 Å². The number of amides is 3. The highest BCUT2D eigenvalue weighted by Gasteiger charge is 2.32. The van der Waals surface area contributed by atoms with Crippen LogP contribution in [0.5, 0.6) is 11.5 Å². The van der Waals surface area contributed by atoms with Crippen LogP contribution >= 0.6 is 0 Å². The average Bonchev–Trinajstić information content (AvgIpc) is 3.09. The second-order valence-corrected chi connectivity index (χ2v) is 14.6. The van der Waals surface area contributed by atoms with E-state index in [9.17, 15) is 27.5 Å². The van der Waals surface area contributed by atoms with Gasteiger partial charge in [0.1, 0.15) is 17.3 Å². The fourth-order valence-corrected chi connectivity index (χ4v) is 6.75. The highest BCUT2D eigenvalue weighted by molar-refractivity contribution is 7.89. The number of ether oxygens (including phenoxy) is 3. The van der Waals surface area contributed by atoms with Gasteiger partial charge in [-0.05, 0) is 99.8 Å². The smallest absolute Gasteiger partial charge is 0.323 e. The zero-order chi connectivity index (χ0) is 36.4. The number of hydrogen-bond donors (Lipinski definition) is 3. The molecule has 3 aromatic carbocycles. The van der Waals surface area contributed by atoms with Crippen LogP contribution < -0.4 is 20.1 Å². The van der Waals surface area contributed by atoms with Gasteiger partial charge >= 0.3 is 6.03 Å². The Morgan fingerprint density at radius 1 is 1.06 bits per heavy atom. The van der Waals surface area contributed by atoms with Crippen molar-refractivity contribution in [2.45, 2.75) is 63.2 Å². The number of fused-ring (bicyclic) bond motifs is 1. The third kappa shape index (κ3) is 10.2. The van der Waals surface area contributed by atoms with E-state index >= 15 is 0 Å². The molecule has 1 aliphatic heterocycles. The van der Waals surface area contributed by atoms with Crippen LogP contribution in [0.1, 0.15) is 50.4 Å². The summed E-state index contributed by atoms with van der Waals surface area (Å²) < 4.78 is 59.1. The maximum atomic E-state index is 14.4. The van der Waals surface area contributed by atoms with E-state index in [0.717, 1.165) is 18.6 Å². The number of anilines is 2. The fraction of sp³-hybridized carbons (Fsp3) is 0.444. The van der Waals surface area contributed by atoms with Crippen molar-refractivity contribution in [3.05, 3.63) is 78.1 Å². The molecule has 4 atom stereocenters. The van der Waals surface area contributed by atoms with Crippen molar-refractivity contribution in [2.24, 2.45) is 5.92 Å². The lowest BCUT2D eigenvalue weighted by molar-refractivity contribution is -0.00834. The minimum Gasteiger partial charge on any atom is -0.497 e. The first-order chi connectivity index (χ1) is 23.8. The summed E-state index contributed by atoms with van der Waals surface area (Å²) >= 11 is 0. The van der Waals surface area contributed by atoms with Gasteiger partial charge in [0.2, 0.25) is 10.0 Å². The van der Waals surface area contributed by atoms with Gasteiger partial charge in [0, 0.05) is 44.0 Å². The average molecular weight is 715 g/mol. The maximum absolute atomic E-state index is 14.4. The van der Waals surface area contributed by atoms with Crippen molar-refractivity contribution in [3.8, 4) is 11.5 Å². The maximum Gasteiger partial charge on any atom is 0.323 e. The number of carbonyl (C=O) groups is 2. The number of halogens is 1. The zero-order valence-electron chi connectivity index (χ0n) is 29.1. The molecule has 0 saturated carbocycles. The van der Waals surface area contributed by atoms with E-state index in [-0.39, 0.29) is 42.2 Å². The van der Waals surface area contributed by atoms with Gasteiger partial charge in [-0.2, -0.15) is 4.31 Å². The summed E-state index contributed by atoms with van der Waals surface area (Å²) in [5.41, 5.74) is 1.08. The van der Waals surface area contributed by atoms with E-state index in [1.807, 2.05) is 13.8 Å². The van der Waals surface area contributed by atoms with Crippen molar-refractivity contribution < 1.29 is 41.7 Å². The number of hydrogen-bond acceptors (Lipinski definition) is 8. The molecule has 0 radical (unpaired) electrons. The fourth-order valence-electron chi connectivity index (χ4n) is 5.57. The SMILES string of the molecule is COc1ccc(NC(=O)Nc2ccc3c(c2)C(=O)N([C@H](C)CO)C[C@@H](C)[C@@H](CN(C)S(=O)(=O)c2ccc(F)cc2)OCCCC[C@@H](C)O3)cc1. The Balaban J connectivity index is 1.61. The molecule has 1 aliphatic rings. The Morgan fingerprint density at radius 3 is 2.38 bits per heavy atom. The van der Waals surface area contributed by atoms with Crippen LogP contribution in [0.15, 0.2) is 71.6 Å². The predicted molar refractivity (Wildman–Crippen MR) is 189 cm³/mol. The number of benzene rings is 3. The molecule has 4 rings (SSSR count). The van der Waals surface area contributed by atoms with Gasteiger partial charge in [0.25, 0.3) is 5.91 Å². The molecule has 12 nitrogen and oxygen atoms in total. The number of carbonyl (C=O) groups excluding carboxylic acids is 2. The summed E-state index contributed by atoms with van der Waals surface area (Å²) in [4.78, 5) is 28.7. The van der Waals surface area contributed by atoms with Crippen LogP contribution in [0, 0.1) is 11.7 Å². The zero-order valence-corrected chi connectivity index (χ0v) is 29.9. The number of aliphatic hydroxyl groups excluding tert-OH is 1. The minimum atomic E-state index is -3.97. The minimum absolute atomic E-state index is 0.0239. The lowest BCUT2D eigenvalue weighted by Crippen LogP contribution is -2.48. The molecular formula is C36H47FN4O8S. The van der Waals surface area contributed by atoms with Crippen molar-refractivity contribution in [1.29, 1.82) is 0 Å². The molecule has 0 aliphatic carbocycles. The third-order valence-electron chi connectivity index (χ3n) is 8.62. The Labute approximate surface area is 293 Å². The first kappa shape index (κ1) is 38.6. The van der Waals surface area contributed by atoms with E-state index < -0.39 is 39.9 Å². The van der Waals surface area contributed by atoms with Crippen molar-refractivity contribution in [2.75, 3.05) is 51.1 Å². The number of nitrogens with one attached hydrogen (secondary N) is 2.